The Morgan fingerprint density at radius 3 is 2.56 bits per heavy atom. The second kappa shape index (κ2) is 4.37. The molecule has 92 valence electrons. The number of aliphatic hydroxyl groups is 1. The minimum absolute atomic E-state index is 0.0699. The van der Waals surface area contributed by atoms with E-state index < -0.39 is 0 Å². The normalized spacial score (nSPS) is 29.4. The molecule has 0 aromatic heterocycles. The highest BCUT2D eigenvalue weighted by Gasteiger charge is 2.47. The van der Waals surface area contributed by atoms with Gasteiger partial charge in [0.2, 0.25) is 0 Å². The van der Waals surface area contributed by atoms with E-state index in [-0.39, 0.29) is 16.9 Å². The topological polar surface area (TPSA) is 20.2 Å². The van der Waals surface area contributed by atoms with Crippen LogP contribution >= 0.6 is 0 Å². The molecule has 0 spiro atoms. The first-order valence-corrected chi connectivity index (χ1v) is 6.23. The Hall–Kier alpha value is -0.560. The molecule has 3 unspecified atom stereocenters. The third kappa shape index (κ3) is 1.98. The lowest BCUT2D eigenvalue weighted by molar-refractivity contribution is -0.0235. The van der Waals surface area contributed by atoms with E-state index in [1.54, 1.807) is 0 Å². The van der Waals surface area contributed by atoms with Crippen LogP contribution in [0.25, 0.3) is 0 Å². The van der Waals surface area contributed by atoms with Gasteiger partial charge in [-0.2, -0.15) is 0 Å². The molecule has 0 bridgehead atoms. The van der Waals surface area contributed by atoms with Crippen molar-refractivity contribution in [3.63, 3.8) is 0 Å². The lowest BCUT2D eigenvalue weighted by atomic mass is 9.60. The van der Waals surface area contributed by atoms with E-state index in [4.69, 9.17) is 0 Å². The van der Waals surface area contributed by atoms with Crippen LogP contribution in [0.5, 0.6) is 0 Å². The summed E-state index contributed by atoms with van der Waals surface area (Å²) in [4.78, 5) is 0. The maximum Gasteiger partial charge on any atom is 0.0571 e. The lowest BCUT2D eigenvalue weighted by Gasteiger charge is -2.45. The monoisotopic (exact) mass is 222 g/mol. The van der Waals surface area contributed by atoms with Crippen LogP contribution in [0.1, 0.15) is 47.5 Å². The average Bonchev–Trinajstić information content (AvgIpc) is 2.42. The minimum atomic E-state index is -0.297. The number of allylic oxidation sites excluding steroid dienone is 3. The molecule has 0 fully saturated rings. The van der Waals surface area contributed by atoms with E-state index in [2.05, 4.69) is 40.3 Å². The van der Waals surface area contributed by atoms with Crippen molar-refractivity contribution in [3.8, 4) is 0 Å². The molecule has 0 saturated heterocycles. The van der Waals surface area contributed by atoms with Crippen molar-refractivity contribution in [1.82, 2.24) is 0 Å². The fraction of sp³-hybridized carbons (Fsp3) is 0.733. The Balaban J connectivity index is 3.03. The molecule has 1 aliphatic rings. The molecule has 3 atom stereocenters. The first kappa shape index (κ1) is 13.5. The summed E-state index contributed by atoms with van der Waals surface area (Å²) in [7, 11) is 0. The van der Waals surface area contributed by atoms with E-state index in [1.165, 1.54) is 5.57 Å². The second-order valence-corrected chi connectivity index (χ2v) is 6.07. The summed E-state index contributed by atoms with van der Waals surface area (Å²) in [6, 6.07) is 0. The molecule has 1 heteroatoms. The van der Waals surface area contributed by atoms with Crippen LogP contribution in [0.15, 0.2) is 24.3 Å². The number of hydrogen-bond donors (Lipinski definition) is 1. The Morgan fingerprint density at radius 1 is 1.69 bits per heavy atom. The third-order valence-electron chi connectivity index (χ3n) is 4.88. The van der Waals surface area contributed by atoms with Crippen LogP contribution in [0, 0.1) is 16.7 Å². The molecule has 1 aliphatic carbocycles. The summed E-state index contributed by atoms with van der Waals surface area (Å²) in [5, 5.41) is 10.1. The van der Waals surface area contributed by atoms with Gasteiger partial charge in [-0.1, -0.05) is 38.5 Å². The van der Waals surface area contributed by atoms with Crippen molar-refractivity contribution < 1.29 is 5.11 Å². The Kier molecular flexibility index (Phi) is 3.69. The predicted octanol–water partition coefficient (Wildman–Crippen LogP) is 3.94. The van der Waals surface area contributed by atoms with E-state index in [1.807, 2.05) is 13.0 Å². The molecule has 0 aromatic carbocycles. The zero-order chi connectivity index (χ0) is 12.6. The van der Waals surface area contributed by atoms with E-state index in [0.29, 0.717) is 5.92 Å². The van der Waals surface area contributed by atoms with Gasteiger partial charge in [0.1, 0.15) is 0 Å². The van der Waals surface area contributed by atoms with Crippen LogP contribution in [0.3, 0.4) is 0 Å². The molecule has 0 aliphatic heterocycles. The number of rotatable bonds is 4. The van der Waals surface area contributed by atoms with Crippen LogP contribution < -0.4 is 0 Å². The van der Waals surface area contributed by atoms with Crippen molar-refractivity contribution in [1.29, 1.82) is 0 Å². The van der Waals surface area contributed by atoms with Gasteiger partial charge in [-0.15, -0.1) is 6.58 Å². The zero-order valence-corrected chi connectivity index (χ0v) is 11.4. The Morgan fingerprint density at radius 2 is 2.25 bits per heavy atom. The first-order chi connectivity index (χ1) is 7.26. The fourth-order valence-corrected chi connectivity index (χ4v) is 3.14. The van der Waals surface area contributed by atoms with Crippen LogP contribution in [0.4, 0.5) is 0 Å². The molecule has 1 nitrogen and oxygen atoms in total. The molecule has 0 saturated carbocycles. The molecule has 0 amide bonds. The standard InChI is InChI=1S/C15H26O/c1-7-10-15(6,12(3)16)13-9-8-11(2)14(13,4)5/h7-8,12-13,16H,1,9-10H2,2-6H3. The summed E-state index contributed by atoms with van der Waals surface area (Å²) in [6.07, 6.45) is 5.92. The van der Waals surface area contributed by atoms with E-state index >= 15 is 0 Å². The summed E-state index contributed by atoms with van der Waals surface area (Å²) in [6.45, 7) is 14.7. The Bertz CT molecular complexity index is 299. The van der Waals surface area contributed by atoms with Crippen molar-refractivity contribution >= 4 is 0 Å². The molecule has 1 rings (SSSR count). The first-order valence-electron chi connectivity index (χ1n) is 6.23. The highest BCUT2D eigenvalue weighted by molar-refractivity contribution is 5.21. The van der Waals surface area contributed by atoms with Gasteiger partial charge < -0.3 is 5.11 Å². The molecule has 0 heterocycles. The predicted molar refractivity (Wildman–Crippen MR) is 70.2 cm³/mol. The second-order valence-electron chi connectivity index (χ2n) is 6.07. The SMILES string of the molecule is C=CCC(C)(C(C)O)C1CC=C(C)C1(C)C. The van der Waals surface area contributed by atoms with Gasteiger partial charge >= 0.3 is 0 Å². The summed E-state index contributed by atoms with van der Waals surface area (Å²) in [5.74, 6) is 0.498. The average molecular weight is 222 g/mol. The van der Waals surface area contributed by atoms with Crippen molar-refractivity contribution in [2.24, 2.45) is 16.7 Å². The van der Waals surface area contributed by atoms with Gasteiger partial charge in [0.25, 0.3) is 0 Å². The van der Waals surface area contributed by atoms with Gasteiger partial charge in [0, 0.05) is 5.41 Å². The fourth-order valence-electron chi connectivity index (χ4n) is 3.14. The van der Waals surface area contributed by atoms with Crippen molar-refractivity contribution in [2.45, 2.75) is 53.6 Å². The minimum Gasteiger partial charge on any atom is -0.393 e. The molecular weight excluding hydrogens is 196 g/mol. The maximum absolute atomic E-state index is 10.1. The molecular formula is C15H26O. The highest BCUT2D eigenvalue weighted by Crippen LogP contribution is 2.54. The van der Waals surface area contributed by atoms with Gasteiger partial charge in [-0.3, -0.25) is 0 Å². The summed E-state index contributed by atoms with van der Waals surface area (Å²) in [5.41, 5.74) is 1.57. The number of aliphatic hydroxyl groups excluding tert-OH is 1. The zero-order valence-electron chi connectivity index (χ0n) is 11.4. The lowest BCUT2D eigenvalue weighted by Crippen LogP contribution is -2.42. The largest absolute Gasteiger partial charge is 0.393 e. The van der Waals surface area contributed by atoms with E-state index in [0.717, 1.165) is 12.8 Å². The quantitative estimate of drug-likeness (QED) is 0.714. The third-order valence-corrected chi connectivity index (χ3v) is 4.88. The van der Waals surface area contributed by atoms with Gasteiger partial charge in [-0.25, -0.2) is 0 Å². The van der Waals surface area contributed by atoms with Crippen LogP contribution in [0.2, 0.25) is 0 Å². The Labute approximate surface area is 100 Å². The maximum atomic E-state index is 10.1. The highest BCUT2D eigenvalue weighted by atomic mass is 16.3. The smallest absolute Gasteiger partial charge is 0.0571 e. The molecule has 1 N–H and O–H groups in total. The van der Waals surface area contributed by atoms with Gasteiger partial charge in [0.05, 0.1) is 6.10 Å². The number of hydrogen-bond acceptors (Lipinski definition) is 1. The van der Waals surface area contributed by atoms with Gasteiger partial charge in [0.15, 0.2) is 0 Å². The van der Waals surface area contributed by atoms with Crippen molar-refractivity contribution in [3.05, 3.63) is 24.3 Å². The van der Waals surface area contributed by atoms with Crippen LogP contribution in [-0.2, 0) is 0 Å². The molecule has 16 heavy (non-hydrogen) atoms. The van der Waals surface area contributed by atoms with E-state index in [9.17, 15) is 5.11 Å². The molecule has 0 radical (unpaired) electrons. The molecule has 0 aromatic rings. The van der Waals surface area contributed by atoms with Crippen molar-refractivity contribution in [2.75, 3.05) is 0 Å². The van der Waals surface area contributed by atoms with Crippen LogP contribution in [-0.4, -0.2) is 11.2 Å². The summed E-state index contributed by atoms with van der Waals surface area (Å²) >= 11 is 0. The summed E-state index contributed by atoms with van der Waals surface area (Å²) < 4.78 is 0. The van der Waals surface area contributed by atoms with Gasteiger partial charge in [-0.05, 0) is 38.0 Å².